The molecule has 3 nitrogen and oxygen atoms in total. The average Bonchev–Trinajstić information content (AvgIpc) is 2.94. The third-order valence-electron chi connectivity index (χ3n) is 5.24. The van der Waals surface area contributed by atoms with Crippen molar-refractivity contribution in [2.45, 2.75) is 77.8 Å². The first kappa shape index (κ1) is 15.9. The van der Waals surface area contributed by atoms with E-state index in [1.54, 1.807) is 0 Å². The first-order chi connectivity index (χ1) is 8.69. The Morgan fingerprint density at radius 1 is 1.06 bits per heavy atom. The van der Waals surface area contributed by atoms with Crippen molar-refractivity contribution in [2.75, 3.05) is 13.1 Å². The highest BCUT2D eigenvalue weighted by Crippen LogP contribution is 2.36. The fraction of sp³-hybridized carbons (Fsp3) is 1.00. The molecule has 0 aromatic carbocycles. The topological polar surface area (TPSA) is 41.3 Å². The molecule has 1 rings (SSSR count). The van der Waals surface area contributed by atoms with E-state index >= 15 is 0 Å². The van der Waals surface area contributed by atoms with Crippen molar-refractivity contribution < 1.29 is 0 Å². The van der Waals surface area contributed by atoms with E-state index in [9.17, 15) is 0 Å². The van der Waals surface area contributed by atoms with Gasteiger partial charge in [-0.3, -0.25) is 16.2 Å². The van der Waals surface area contributed by atoms with Gasteiger partial charge >= 0.3 is 0 Å². The minimum Gasteiger partial charge on any atom is -0.296 e. The Morgan fingerprint density at radius 2 is 1.56 bits per heavy atom. The molecule has 0 saturated carbocycles. The Morgan fingerprint density at radius 3 is 1.89 bits per heavy atom. The van der Waals surface area contributed by atoms with Crippen molar-refractivity contribution in [2.24, 2.45) is 11.8 Å². The predicted octanol–water partition coefficient (Wildman–Crippen LogP) is 2.91. The van der Waals surface area contributed by atoms with Crippen LogP contribution in [0.5, 0.6) is 0 Å². The standard InChI is InChI=1S/C15H33N3/c1-5-13(6-2)14(17-16)15(7-3,8-4)18-11-9-10-12-18/h13-14,17H,5-12,16H2,1-4H3. The third-order valence-corrected chi connectivity index (χ3v) is 5.24. The summed E-state index contributed by atoms with van der Waals surface area (Å²) in [7, 11) is 0. The van der Waals surface area contributed by atoms with Gasteiger partial charge in [0.1, 0.15) is 0 Å². The van der Waals surface area contributed by atoms with E-state index in [0.717, 1.165) is 0 Å². The Hall–Kier alpha value is -0.120. The molecule has 0 spiro atoms. The van der Waals surface area contributed by atoms with Crippen LogP contribution in [0.4, 0.5) is 0 Å². The number of nitrogens with zero attached hydrogens (tertiary/aromatic N) is 1. The minimum atomic E-state index is 0.252. The third kappa shape index (κ3) is 2.89. The molecule has 1 fully saturated rings. The minimum absolute atomic E-state index is 0.252. The van der Waals surface area contributed by atoms with Gasteiger partial charge in [0.25, 0.3) is 0 Å². The van der Waals surface area contributed by atoms with Gasteiger partial charge in [-0.05, 0) is 44.7 Å². The zero-order chi connectivity index (χ0) is 13.6. The number of nitrogens with two attached hydrogens (primary N) is 1. The van der Waals surface area contributed by atoms with Gasteiger partial charge in [-0.2, -0.15) is 0 Å². The van der Waals surface area contributed by atoms with Gasteiger partial charge in [0.15, 0.2) is 0 Å². The lowest BCUT2D eigenvalue weighted by Gasteiger charge is -2.49. The maximum absolute atomic E-state index is 5.95. The summed E-state index contributed by atoms with van der Waals surface area (Å²) in [6.45, 7) is 11.7. The first-order valence-electron chi connectivity index (χ1n) is 7.91. The van der Waals surface area contributed by atoms with Gasteiger partial charge < -0.3 is 0 Å². The molecule has 18 heavy (non-hydrogen) atoms. The van der Waals surface area contributed by atoms with Crippen molar-refractivity contribution in [3.8, 4) is 0 Å². The van der Waals surface area contributed by atoms with Crippen LogP contribution in [0.25, 0.3) is 0 Å². The van der Waals surface area contributed by atoms with Gasteiger partial charge in [0, 0.05) is 11.6 Å². The van der Waals surface area contributed by atoms with Crippen molar-refractivity contribution in [3.63, 3.8) is 0 Å². The van der Waals surface area contributed by atoms with Crippen LogP contribution in [0, 0.1) is 5.92 Å². The number of likely N-dealkylation sites (tertiary alicyclic amines) is 1. The molecule has 1 atom stereocenters. The molecule has 1 heterocycles. The number of nitrogens with one attached hydrogen (secondary N) is 1. The molecule has 1 aliphatic heterocycles. The van der Waals surface area contributed by atoms with E-state index in [4.69, 9.17) is 5.84 Å². The van der Waals surface area contributed by atoms with Crippen LogP contribution >= 0.6 is 0 Å². The van der Waals surface area contributed by atoms with Crippen LogP contribution in [0.1, 0.15) is 66.2 Å². The highest BCUT2D eigenvalue weighted by molar-refractivity contribution is 5.01. The van der Waals surface area contributed by atoms with Gasteiger partial charge in [0.2, 0.25) is 0 Å². The zero-order valence-corrected chi connectivity index (χ0v) is 12.8. The molecule has 3 heteroatoms. The molecule has 1 aliphatic rings. The van der Waals surface area contributed by atoms with Crippen LogP contribution in [-0.2, 0) is 0 Å². The fourth-order valence-corrected chi connectivity index (χ4v) is 3.99. The molecule has 0 amide bonds. The van der Waals surface area contributed by atoms with Crippen LogP contribution in [0.3, 0.4) is 0 Å². The van der Waals surface area contributed by atoms with Crippen molar-refractivity contribution in [1.29, 1.82) is 0 Å². The summed E-state index contributed by atoms with van der Waals surface area (Å²) in [5.74, 6) is 6.63. The lowest BCUT2D eigenvalue weighted by molar-refractivity contribution is 0.0351. The second-order valence-electron chi connectivity index (χ2n) is 5.73. The van der Waals surface area contributed by atoms with Crippen molar-refractivity contribution >= 4 is 0 Å². The highest BCUT2D eigenvalue weighted by atomic mass is 15.3. The fourth-order valence-electron chi connectivity index (χ4n) is 3.99. The van der Waals surface area contributed by atoms with Crippen molar-refractivity contribution in [1.82, 2.24) is 10.3 Å². The average molecular weight is 255 g/mol. The summed E-state index contributed by atoms with van der Waals surface area (Å²) in [5.41, 5.74) is 3.43. The summed E-state index contributed by atoms with van der Waals surface area (Å²) in [6.07, 6.45) is 7.50. The predicted molar refractivity (Wildman–Crippen MR) is 79.3 cm³/mol. The highest BCUT2D eigenvalue weighted by Gasteiger charge is 2.44. The summed E-state index contributed by atoms with van der Waals surface area (Å²) >= 11 is 0. The summed E-state index contributed by atoms with van der Waals surface area (Å²) in [4.78, 5) is 2.70. The molecule has 0 bridgehead atoms. The Kier molecular flexibility index (Phi) is 6.61. The summed E-state index contributed by atoms with van der Waals surface area (Å²) in [5, 5.41) is 0. The second kappa shape index (κ2) is 7.46. The van der Waals surface area contributed by atoms with Gasteiger partial charge in [-0.15, -0.1) is 0 Å². The van der Waals surface area contributed by atoms with E-state index in [2.05, 4.69) is 38.0 Å². The van der Waals surface area contributed by atoms with Crippen LogP contribution in [-0.4, -0.2) is 29.6 Å². The lowest BCUT2D eigenvalue weighted by atomic mass is 9.75. The maximum Gasteiger partial charge on any atom is 0.0422 e. The molecule has 108 valence electrons. The molecule has 1 unspecified atom stereocenters. The summed E-state index contributed by atoms with van der Waals surface area (Å²) in [6, 6.07) is 0.417. The van der Waals surface area contributed by atoms with E-state index < -0.39 is 0 Å². The number of hydrazine groups is 1. The number of hydrogen-bond acceptors (Lipinski definition) is 3. The molecule has 0 aliphatic carbocycles. The Bertz CT molecular complexity index is 216. The van der Waals surface area contributed by atoms with Gasteiger partial charge in [-0.25, -0.2) is 0 Å². The van der Waals surface area contributed by atoms with Gasteiger partial charge in [-0.1, -0.05) is 40.5 Å². The largest absolute Gasteiger partial charge is 0.296 e. The molecular formula is C15H33N3. The molecule has 0 radical (unpaired) electrons. The lowest BCUT2D eigenvalue weighted by Crippen LogP contribution is -2.64. The molecule has 3 N–H and O–H groups in total. The maximum atomic E-state index is 5.95. The SMILES string of the molecule is CCC(CC)C(NN)C(CC)(CC)N1CCCC1. The van der Waals surface area contributed by atoms with Crippen LogP contribution < -0.4 is 11.3 Å². The first-order valence-corrected chi connectivity index (χ1v) is 7.91. The second-order valence-corrected chi connectivity index (χ2v) is 5.73. The molecule has 0 aromatic heterocycles. The Labute approximate surface area is 113 Å². The molecular weight excluding hydrogens is 222 g/mol. The van der Waals surface area contributed by atoms with Crippen LogP contribution in [0.2, 0.25) is 0 Å². The van der Waals surface area contributed by atoms with Crippen LogP contribution in [0.15, 0.2) is 0 Å². The smallest absolute Gasteiger partial charge is 0.0422 e. The van der Waals surface area contributed by atoms with E-state index in [0.29, 0.717) is 12.0 Å². The monoisotopic (exact) mass is 255 g/mol. The number of rotatable bonds is 8. The van der Waals surface area contributed by atoms with Gasteiger partial charge in [0.05, 0.1) is 0 Å². The molecule has 0 aromatic rings. The quantitative estimate of drug-likeness (QED) is 0.517. The van der Waals surface area contributed by atoms with E-state index in [1.807, 2.05) is 0 Å². The number of hydrogen-bond donors (Lipinski definition) is 2. The molecule has 1 saturated heterocycles. The van der Waals surface area contributed by atoms with Crippen molar-refractivity contribution in [3.05, 3.63) is 0 Å². The zero-order valence-electron chi connectivity index (χ0n) is 12.8. The van der Waals surface area contributed by atoms with E-state index in [-0.39, 0.29) is 5.54 Å². The summed E-state index contributed by atoms with van der Waals surface area (Å²) < 4.78 is 0. The normalized spacial score (nSPS) is 19.7. The van der Waals surface area contributed by atoms with E-state index in [1.165, 1.54) is 51.6 Å². The Balaban J connectivity index is 2.98.